The average Bonchev–Trinajstić information content (AvgIpc) is 3.41. The second-order valence-electron chi connectivity index (χ2n) is 7.57. The van der Waals surface area contributed by atoms with Gasteiger partial charge < -0.3 is 9.84 Å². The second kappa shape index (κ2) is 9.27. The highest BCUT2D eigenvalue weighted by Crippen LogP contribution is 2.30. The van der Waals surface area contributed by atoms with Crippen LogP contribution in [-0.2, 0) is 11.4 Å². The third-order valence-corrected chi connectivity index (χ3v) is 6.43. The molecule has 1 aliphatic heterocycles. The number of thiazole rings is 1. The lowest BCUT2D eigenvalue weighted by atomic mass is 9.91. The first-order chi connectivity index (χ1) is 15.0. The molecule has 2 aromatic carbocycles. The van der Waals surface area contributed by atoms with Crippen molar-refractivity contribution in [3.8, 4) is 16.3 Å². The molecule has 1 N–H and O–H groups in total. The molecule has 0 unspecified atom stereocenters. The first-order valence-electron chi connectivity index (χ1n) is 10.2. The highest BCUT2D eigenvalue weighted by atomic mass is 32.1. The zero-order valence-electron chi connectivity index (χ0n) is 17.5. The van der Waals surface area contributed by atoms with Crippen LogP contribution in [0.3, 0.4) is 0 Å². The fraction of sp³-hybridized carbons (Fsp3) is 0.240. The number of aliphatic imine (C=N–C) groups is 1. The van der Waals surface area contributed by atoms with Crippen molar-refractivity contribution in [2.24, 2.45) is 4.99 Å². The topological polar surface area (TPSA) is 71.8 Å². The van der Waals surface area contributed by atoms with Crippen LogP contribution in [0.25, 0.3) is 10.6 Å². The first-order valence-corrected chi connectivity index (χ1v) is 11.0. The van der Waals surface area contributed by atoms with Crippen molar-refractivity contribution in [1.82, 2.24) is 4.98 Å². The molecular formula is C25H24N2O3S. The molecule has 0 aliphatic carbocycles. The molecule has 4 rings (SSSR count). The molecule has 0 amide bonds. The zero-order chi connectivity index (χ0) is 21.8. The number of benzene rings is 2. The van der Waals surface area contributed by atoms with E-state index in [1.807, 2.05) is 43.3 Å². The molecule has 0 bridgehead atoms. The van der Waals surface area contributed by atoms with Crippen molar-refractivity contribution >= 4 is 23.0 Å². The number of rotatable bonds is 8. The molecule has 0 fully saturated rings. The summed E-state index contributed by atoms with van der Waals surface area (Å²) in [5.74, 6) is -0.337. The van der Waals surface area contributed by atoms with E-state index in [0.717, 1.165) is 38.2 Å². The Labute approximate surface area is 185 Å². The van der Waals surface area contributed by atoms with E-state index >= 15 is 0 Å². The van der Waals surface area contributed by atoms with Crippen LogP contribution in [0.15, 0.2) is 65.7 Å². The fourth-order valence-electron chi connectivity index (χ4n) is 3.51. The van der Waals surface area contributed by atoms with E-state index in [4.69, 9.17) is 9.72 Å². The number of hydrogen-bond acceptors (Lipinski definition) is 5. The summed E-state index contributed by atoms with van der Waals surface area (Å²) in [5, 5.41) is 10.3. The van der Waals surface area contributed by atoms with Crippen molar-refractivity contribution in [3.63, 3.8) is 0 Å². The third kappa shape index (κ3) is 5.09. The number of aryl methyl sites for hydroxylation is 2. The minimum Gasteiger partial charge on any atom is -0.488 e. The van der Waals surface area contributed by atoms with Crippen molar-refractivity contribution in [2.75, 3.05) is 6.54 Å². The Morgan fingerprint density at radius 2 is 1.87 bits per heavy atom. The quantitative estimate of drug-likeness (QED) is 0.505. The zero-order valence-corrected chi connectivity index (χ0v) is 18.4. The Balaban J connectivity index is 1.44. The lowest BCUT2D eigenvalue weighted by Crippen LogP contribution is -2.14. The molecule has 2 heterocycles. The molecular weight excluding hydrogens is 408 g/mol. The molecule has 1 atom stereocenters. The van der Waals surface area contributed by atoms with Crippen LogP contribution in [0.5, 0.6) is 5.75 Å². The Morgan fingerprint density at radius 1 is 1.13 bits per heavy atom. The average molecular weight is 433 g/mol. The predicted octanol–water partition coefficient (Wildman–Crippen LogP) is 5.58. The van der Waals surface area contributed by atoms with Gasteiger partial charge in [0.25, 0.3) is 0 Å². The number of carboxylic acids is 1. The van der Waals surface area contributed by atoms with Gasteiger partial charge >= 0.3 is 5.97 Å². The summed E-state index contributed by atoms with van der Waals surface area (Å²) in [6.45, 7) is 5.14. The van der Waals surface area contributed by atoms with E-state index in [-0.39, 0.29) is 12.3 Å². The number of aliphatic carboxylic acids is 1. The Kier molecular flexibility index (Phi) is 6.28. The molecule has 0 saturated heterocycles. The molecule has 6 heteroatoms. The van der Waals surface area contributed by atoms with Gasteiger partial charge in [0.05, 0.1) is 23.5 Å². The maximum atomic E-state index is 11.3. The van der Waals surface area contributed by atoms with Crippen LogP contribution in [-0.4, -0.2) is 28.3 Å². The third-order valence-electron chi connectivity index (χ3n) is 5.25. The number of ether oxygens (including phenoxy) is 1. The molecule has 0 spiro atoms. The smallest absolute Gasteiger partial charge is 0.304 e. The van der Waals surface area contributed by atoms with Crippen molar-refractivity contribution < 1.29 is 14.6 Å². The molecule has 1 aromatic heterocycles. The van der Waals surface area contributed by atoms with Gasteiger partial charge in [-0.25, -0.2) is 4.98 Å². The van der Waals surface area contributed by atoms with Gasteiger partial charge in [0.15, 0.2) is 0 Å². The Morgan fingerprint density at radius 3 is 2.52 bits per heavy atom. The van der Waals surface area contributed by atoms with Gasteiger partial charge in [-0.3, -0.25) is 9.79 Å². The number of hydrogen-bond donors (Lipinski definition) is 1. The summed E-state index contributed by atoms with van der Waals surface area (Å²) < 4.78 is 5.99. The number of nitrogens with zero attached hydrogens (tertiary/aromatic N) is 2. The van der Waals surface area contributed by atoms with Gasteiger partial charge in [-0.05, 0) is 37.6 Å². The summed E-state index contributed by atoms with van der Waals surface area (Å²) >= 11 is 1.64. The highest BCUT2D eigenvalue weighted by molar-refractivity contribution is 7.15. The number of aromatic nitrogens is 1. The van der Waals surface area contributed by atoms with Gasteiger partial charge in [-0.2, -0.15) is 0 Å². The molecule has 31 heavy (non-hydrogen) atoms. The Bertz CT molecular complexity index is 1130. The van der Waals surface area contributed by atoms with Crippen LogP contribution < -0.4 is 4.74 Å². The van der Waals surface area contributed by atoms with Crippen molar-refractivity contribution in [1.29, 1.82) is 0 Å². The van der Waals surface area contributed by atoms with Gasteiger partial charge in [-0.15, -0.1) is 11.3 Å². The number of allylic oxidation sites excluding steroid dienone is 1. The summed E-state index contributed by atoms with van der Waals surface area (Å²) in [7, 11) is 0. The van der Waals surface area contributed by atoms with E-state index in [1.54, 1.807) is 11.3 Å². The van der Waals surface area contributed by atoms with Crippen molar-refractivity contribution in [2.45, 2.75) is 32.8 Å². The largest absolute Gasteiger partial charge is 0.488 e. The molecule has 5 nitrogen and oxygen atoms in total. The fourth-order valence-corrected chi connectivity index (χ4v) is 4.49. The second-order valence-corrected chi connectivity index (χ2v) is 8.65. The van der Waals surface area contributed by atoms with Crippen molar-refractivity contribution in [3.05, 3.63) is 82.4 Å². The van der Waals surface area contributed by atoms with Gasteiger partial charge in [-0.1, -0.05) is 48.0 Å². The number of carboxylic acid groups (broad SMARTS) is 1. The summed E-state index contributed by atoms with van der Waals surface area (Å²) in [6.07, 6.45) is 3.88. The lowest BCUT2D eigenvalue weighted by molar-refractivity contribution is -0.137. The Hall–Kier alpha value is -3.25. The van der Waals surface area contributed by atoms with Crippen LogP contribution in [0.1, 0.15) is 34.0 Å². The molecule has 158 valence electrons. The highest BCUT2D eigenvalue weighted by Gasteiger charge is 2.21. The van der Waals surface area contributed by atoms with Crippen LogP contribution in [0, 0.1) is 13.8 Å². The monoisotopic (exact) mass is 432 g/mol. The SMILES string of the molecule is Cc1ccc(-c2nc(C)c(COc3ccc([C@H](CC(=O)O)C4=NCC=C4)cc3)s2)cc1. The maximum Gasteiger partial charge on any atom is 0.304 e. The van der Waals surface area contributed by atoms with Gasteiger partial charge in [0, 0.05) is 17.2 Å². The van der Waals surface area contributed by atoms with Gasteiger partial charge in [0.2, 0.25) is 0 Å². The predicted molar refractivity (Wildman–Crippen MR) is 124 cm³/mol. The van der Waals surface area contributed by atoms with E-state index in [2.05, 4.69) is 36.2 Å². The summed E-state index contributed by atoms with van der Waals surface area (Å²) in [6, 6.07) is 16.0. The van der Waals surface area contributed by atoms with E-state index in [1.165, 1.54) is 5.56 Å². The van der Waals surface area contributed by atoms with Crippen LogP contribution in [0.4, 0.5) is 0 Å². The van der Waals surface area contributed by atoms with Gasteiger partial charge in [0.1, 0.15) is 17.4 Å². The maximum absolute atomic E-state index is 11.3. The van der Waals surface area contributed by atoms with Crippen LogP contribution >= 0.6 is 11.3 Å². The van der Waals surface area contributed by atoms with E-state index < -0.39 is 5.97 Å². The minimum absolute atomic E-state index is 0.0191. The minimum atomic E-state index is -0.835. The molecule has 1 aliphatic rings. The normalized spacial score (nSPS) is 13.8. The standard InChI is InChI=1S/C25H24N2O3S/c1-16-5-7-19(8-6-16)25-27-17(2)23(31-25)15-30-20-11-9-18(10-12-20)21(14-24(28)29)22-4-3-13-26-22/h3-12,21H,13-15H2,1-2H3,(H,28,29)/t21-/m0/s1. The summed E-state index contributed by atoms with van der Waals surface area (Å²) in [5.41, 5.74) is 5.06. The van der Waals surface area contributed by atoms with E-state index in [9.17, 15) is 9.90 Å². The lowest BCUT2D eigenvalue weighted by Gasteiger charge is -2.15. The molecule has 3 aromatic rings. The van der Waals surface area contributed by atoms with Crippen LogP contribution in [0.2, 0.25) is 0 Å². The van der Waals surface area contributed by atoms with E-state index in [0.29, 0.717) is 13.2 Å². The number of carbonyl (C=O) groups is 1. The molecule has 0 saturated carbocycles. The first kappa shape index (κ1) is 21.0. The summed E-state index contributed by atoms with van der Waals surface area (Å²) in [4.78, 5) is 21.5. The molecule has 0 radical (unpaired) electrons.